The van der Waals surface area contributed by atoms with Crippen molar-refractivity contribution in [2.75, 3.05) is 32.2 Å². The van der Waals surface area contributed by atoms with Gasteiger partial charge in [0.1, 0.15) is 15.6 Å². The number of methoxy groups -OCH3 is 1. The SMILES string of the molecule is CCNC(=NCc1ccccc1OC)NCCS(C)(=O)=O. The monoisotopic (exact) mass is 313 g/mol. The first-order chi connectivity index (χ1) is 9.96. The lowest BCUT2D eigenvalue weighted by molar-refractivity contribution is 0.410. The van der Waals surface area contributed by atoms with Gasteiger partial charge in [0.15, 0.2) is 5.96 Å². The number of para-hydroxylation sites is 1. The number of guanidine groups is 1. The van der Waals surface area contributed by atoms with Crippen molar-refractivity contribution in [2.45, 2.75) is 13.5 Å². The molecule has 0 amide bonds. The third kappa shape index (κ3) is 6.99. The van der Waals surface area contributed by atoms with Crippen molar-refractivity contribution in [3.05, 3.63) is 29.8 Å². The molecule has 7 heteroatoms. The van der Waals surface area contributed by atoms with Crippen molar-refractivity contribution in [3.63, 3.8) is 0 Å². The number of sulfone groups is 1. The minimum Gasteiger partial charge on any atom is -0.496 e. The second-order valence-corrected chi connectivity index (χ2v) is 6.82. The van der Waals surface area contributed by atoms with Gasteiger partial charge in [-0.25, -0.2) is 13.4 Å². The van der Waals surface area contributed by atoms with Crippen molar-refractivity contribution in [1.82, 2.24) is 10.6 Å². The zero-order valence-corrected chi connectivity index (χ0v) is 13.5. The zero-order valence-electron chi connectivity index (χ0n) is 12.7. The number of hydrogen-bond donors (Lipinski definition) is 2. The predicted molar refractivity (Wildman–Crippen MR) is 85.5 cm³/mol. The van der Waals surface area contributed by atoms with E-state index in [1.54, 1.807) is 7.11 Å². The highest BCUT2D eigenvalue weighted by Gasteiger charge is 2.04. The first-order valence-electron chi connectivity index (χ1n) is 6.78. The Bertz CT molecular complexity index is 571. The first kappa shape index (κ1) is 17.3. The van der Waals surface area contributed by atoms with E-state index in [1.807, 2.05) is 31.2 Å². The van der Waals surface area contributed by atoms with Crippen molar-refractivity contribution in [2.24, 2.45) is 4.99 Å². The molecular weight excluding hydrogens is 290 g/mol. The van der Waals surface area contributed by atoms with E-state index >= 15 is 0 Å². The number of benzene rings is 1. The Kier molecular flexibility index (Phi) is 7.01. The van der Waals surface area contributed by atoms with Gasteiger partial charge < -0.3 is 15.4 Å². The molecule has 0 bridgehead atoms. The molecule has 0 fully saturated rings. The number of nitrogens with zero attached hydrogens (tertiary/aromatic N) is 1. The van der Waals surface area contributed by atoms with Crippen LogP contribution in [-0.2, 0) is 16.4 Å². The summed E-state index contributed by atoms with van der Waals surface area (Å²) in [5, 5.41) is 6.08. The summed E-state index contributed by atoms with van der Waals surface area (Å²) in [6.45, 7) is 3.45. The van der Waals surface area contributed by atoms with E-state index in [-0.39, 0.29) is 5.75 Å². The summed E-state index contributed by atoms with van der Waals surface area (Å²) < 4.78 is 27.5. The fourth-order valence-corrected chi connectivity index (χ4v) is 2.17. The van der Waals surface area contributed by atoms with Crippen molar-refractivity contribution < 1.29 is 13.2 Å². The zero-order chi connectivity index (χ0) is 15.7. The van der Waals surface area contributed by atoms with E-state index in [1.165, 1.54) is 6.26 Å². The third-order valence-corrected chi connectivity index (χ3v) is 3.66. The summed E-state index contributed by atoms with van der Waals surface area (Å²) in [7, 11) is -1.35. The summed E-state index contributed by atoms with van der Waals surface area (Å²) in [6, 6.07) is 7.66. The van der Waals surface area contributed by atoms with E-state index in [9.17, 15) is 8.42 Å². The standard InChI is InChI=1S/C14H23N3O3S/c1-4-15-14(16-9-10-21(3,18)19)17-11-12-7-5-6-8-13(12)20-2/h5-8H,4,9-11H2,1-3H3,(H2,15,16,17). The van der Waals surface area contributed by atoms with Crippen LogP contribution in [0.5, 0.6) is 5.75 Å². The van der Waals surface area contributed by atoms with E-state index in [0.29, 0.717) is 25.6 Å². The van der Waals surface area contributed by atoms with Crippen LogP contribution in [0.3, 0.4) is 0 Å². The van der Waals surface area contributed by atoms with E-state index in [4.69, 9.17) is 4.74 Å². The number of aliphatic imine (C=N–C) groups is 1. The molecule has 0 spiro atoms. The highest BCUT2D eigenvalue weighted by molar-refractivity contribution is 7.90. The van der Waals surface area contributed by atoms with Crippen molar-refractivity contribution in [3.8, 4) is 5.75 Å². The molecule has 0 saturated carbocycles. The highest BCUT2D eigenvalue weighted by atomic mass is 32.2. The predicted octanol–water partition coefficient (Wildman–Crippen LogP) is 0.795. The van der Waals surface area contributed by atoms with Gasteiger partial charge >= 0.3 is 0 Å². The molecule has 0 atom stereocenters. The molecule has 0 aliphatic rings. The lowest BCUT2D eigenvalue weighted by Crippen LogP contribution is -2.39. The van der Waals surface area contributed by atoms with Crippen LogP contribution in [0.2, 0.25) is 0 Å². The molecule has 0 aliphatic heterocycles. The molecular formula is C14H23N3O3S. The van der Waals surface area contributed by atoms with Gasteiger partial charge in [-0.15, -0.1) is 0 Å². The van der Waals surface area contributed by atoms with Crippen LogP contribution in [0.4, 0.5) is 0 Å². The van der Waals surface area contributed by atoms with Crippen molar-refractivity contribution >= 4 is 15.8 Å². The van der Waals surface area contributed by atoms with Gasteiger partial charge in [-0.2, -0.15) is 0 Å². The number of ether oxygens (including phenoxy) is 1. The Balaban J connectivity index is 2.66. The highest BCUT2D eigenvalue weighted by Crippen LogP contribution is 2.17. The molecule has 2 N–H and O–H groups in total. The van der Waals surface area contributed by atoms with E-state index < -0.39 is 9.84 Å². The maximum Gasteiger partial charge on any atom is 0.191 e. The molecule has 0 heterocycles. The quantitative estimate of drug-likeness (QED) is 0.575. The van der Waals surface area contributed by atoms with Gasteiger partial charge in [-0.1, -0.05) is 18.2 Å². The molecule has 1 aromatic carbocycles. The molecule has 21 heavy (non-hydrogen) atoms. The van der Waals surface area contributed by atoms with Gasteiger partial charge in [0.25, 0.3) is 0 Å². The molecule has 0 unspecified atom stereocenters. The average Bonchev–Trinajstić information content (AvgIpc) is 2.43. The van der Waals surface area contributed by atoms with Gasteiger partial charge in [0.2, 0.25) is 0 Å². The summed E-state index contributed by atoms with van der Waals surface area (Å²) >= 11 is 0. The van der Waals surface area contributed by atoms with Gasteiger partial charge in [-0.05, 0) is 13.0 Å². The second kappa shape index (κ2) is 8.51. The van der Waals surface area contributed by atoms with E-state index in [2.05, 4.69) is 15.6 Å². The fourth-order valence-electron chi connectivity index (χ4n) is 1.69. The Morgan fingerprint density at radius 1 is 1.29 bits per heavy atom. The molecule has 1 aromatic rings. The van der Waals surface area contributed by atoms with Crippen LogP contribution in [-0.4, -0.2) is 46.6 Å². The second-order valence-electron chi connectivity index (χ2n) is 4.56. The van der Waals surface area contributed by atoms with Crippen LogP contribution in [0.1, 0.15) is 12.5 Å². The van der Waals surface area contributed by atoms with Gasteiger partial charge in [0, 0.05) is 24.9 Å². The van der Waals surface area contributed by atoms with E-state index in [0.717, 1.165) is 11.3 Å². The molecule has 0 aliphatic carbocycles. The minimum absolute atomic E-state index is 0.0755. The summed E-state index contributed by atoms with van der Waals surface area (Å²) in [5.41, 5.74) is 0.973. The Morgan fingerprint density at radius 2 is 2.00 bits per heavy atom. The number of nitrogens with one attached hydrogen (secondary N) is 2. The average molecular weight is 313 g/mol. The summed E-state index contributed by atoms with van der Waals surface area (Å²) in [5.74, 6) is 1.45. The molecule has 0 radical (unpaired) electrons. The third-order valence-electron chi connectivity index (χ3n) is 2.71. The maximum absolute atomic E-state index is 11.1. The topological polar surface area (TPSA) is 79.8 Å². The Hall–Kier alpha value is -1.76. The maximum atomic E-state index is 11.1. The normalized spacial score (nSPS) is 12.0. The number of rotatable bonds is 7. The minimum atomic E-state index is -2.98. The van der Waals surface area contributed by atoms with Crippen LogP contribution < -0.4 is 15.4 Å². The first-order valence-corrected chi connectivity index (χ1v) is 8.84. The largest absolute Gasteiger partial charge is 0.496 e. The van der Waals surface area contributed by atoms with Crippen LogP contribution >= 0.6 is 0 Å². The number of hydrogen-bond acceptors (Lipinski definition) is 4. The molecule has 1 rings (SSSR count). The molecule has 0 saturated heterocycles. The summed E-state index contributed by atoms with van der Waals surface area (Å²) in [4.78, 5) is 4.43. The van der Waals surface area contributed by atoms with Crippen LogP contribution in [0, 0.1) is 0 Å². The lowest BCUT2D eigenvalue weighted by atomic mass is 10.2. The van der Waals surface area contributed by atoms with Gasteiger partial charge in [0.05, 0.1) is 19.4 Å². The van der Waals surface area contributed by atoms with Crippen LogP contribution in [0.15, 0.2) is 29.3 Å². The molecule has 6 nitrogen and oxygen atoms in total. The fraction of sp³-hybridized carbons (Fsp3) is 0.500. The Labute approximate surface area is 126 Å². The van der Waals surface area contributed by atoms with Crippen LogP contribution in [0.25, 0.3) is 0 Å². The van der Waals surface area contributed by atoms with Gasteiger partial charge in [-0.3, -0.25) is 0 Å². The smallest absolute Gasteiger partial charge is 0.191 e. The van der Waals surface area contributed by atoms with Crippen molar-refractivity contribution in [1.29, 1.82) is 0 Å². The summed E-state index contributed by atoms with van der Waals surface area (Å²) in [6.07, 6.45) is 1.22. The molecule has 0 aromatic heterocycles. The Morgan fingerprint density at radius 3 is 2.62 bits per heavy atom. The molecule has 118 valence electrons. The lowest BCUT2D eigenvalue weighted by Gasteiger charge is -2.11.